The number of carbonyl (C=O) groups is 1. The van der Waals surface area contributed by atoms with E-state index < -0.39 is 23.8 Å². The predicted molar refractivity (Wildman–Crippen MR) is 132 cm³/mol. The number of rotatable bonds is 7. The molecule has 1 atom stereocenters. The summed E-state index contributed by atoms with van der Waals surface area (Å²) in [7, 11) is 2.66. The van der Waals surface area contributed by atoms with Crippen molar-refractivity contribution in [3.8, 4) is 11.8 Å². The number of hydrogen-bond acceptors (Lipinski definition) is 9. The molecule has 1 unspecified atom stereocenters. The Morgan fingerprint density at radius 2 is 2.03 bits per heavy atom. The van der Waals surface area contributed by atoms with E-state index in [1.165, 1.54) is 14.2 Å². The van der Waals surface area contributed by atoms with E-state index in [1.807, 2.05) is 11.8 Å². The van der Waals surface area contributed by atoms with Crippen molar-refractivity contribution in [2.24, 2.45) is 5.73 Å². The smallest absolute Gasteiger partial charge is 0.333 e. The minimum atomic E-state index is -0.729. The number of esters is 1. The lowest BCUT2D eigenvalue weighted by atomic mass is 10.1. The maximum Gasteiger partial charge on any atom is 0.333 e. The Labute approximate surface area is 207 Å². The summed E-state index contributed by atoms with van der Waals surface area (Å²) in [5.74, 6) is 0.200. The van der Waals surface area contributed by atoms with E-state index in [1.54, 1.807) is 22.8 Å². The number of methoxy groups -OCH3 is 2. The summed E-state index contributed by atoms with van der Waals surface area (Å²) in [6.07, 6.45) is 1.77. The summed E-state index contributed by atoms with van der Waals surface area (Å²) in [5.41, 5.74) is 5.84. The van der Waals surface area contributed by atoms with Crippen molar-refractivity contribution in [2.75, 3.05) is 32.2 Å². The molecule has 1 aliphatic heterocycles. The van der Waals surface area contributed by atoms with Crippen LogP contribution in [0.3, 0.4) is 0 Å². The van der Waals surface area contributed by atoms with E-state index in [4.69, 9.17) is 15.2 Å². The lowest BCUT2D eigenvalue weighted by Gasteiger charge is -2.31. The average molecular weight is 496 g/mol. The van der Waals surface area contributed by atoms with Gasteiger partial charge in [-0.2, -0.15) is 10.2 Å². The van der Waals surface area contributed by atoms with Gasteiger partial charge in [-0.05, 0) is 31.4 Å². The van der Waals surface area contributed by atoms with Gasteiger partial charge in [-0.15, -0.1) is 0 Å². The molecule has 1 aromatic carbocycles. The van der Waals surface area contributed by atoms with Crippen molar-refractivity contribution < 1.29 is 14.3 Å². The zero-order valence-electron chi connectivity index (χ0n) is 20.6. The minimum Gasteiger partial charge on any atom is -0.495 e. The number of imidazole rings is 1. The van der Waals surface area contributed by atoms with Crippen LogP contribution < -0.4 is 26.6 Å². The lowest BCUT2D eigenvalue weighted by molar-refractivity contribution is -0.141. The van der Waals surface area contributed by atoms with Gasteiger partial charge in [0.25, 0.3) is 5.56 Å². The van der Waals surface area contributed by atoms with Crippen molar-refractivity contribution in [3.63, 3.8) is 0 Å². The highest BCUT2D eigenvalue weighted by molar-refractivity contribution is 5.77. The van der Waals surface area contributed by atoms with Gasteiger partial charge in [-0.25, -0.2) is 4.79 Å². The van der Waals surface area contributed by atoms with Crippen molar-refractivity contribution in [1.82, 2.24) is 18.7 Å². The molecule has 1 saturated heterocycles. The molecule has 12 heteroatoms. The Balaban J connectivity index is 1.98. The van der Waals surface area contributed by atoms with Crippen LogP contribution in [-0.2, 0) is 29.2 Å². The van der Waals surface area contributed by atoms with E-state index in [0.717, 1.165) is 22.0 Å². The Morgan fingerprint density at radius 1 is 1.25 bits per heavy atom. The standard InChI is InChI=1S/C24H29N7O5/c1-4-29-20-21(27-23(29)28-10-6-8-16(26)13-28)30(14-19(32)36-3)24(34)31(22(20)33)12-15-7-5-9-18(35-2)17(15)11-25/h5,7,9,16H,4,6,8,10,12-14,26H2,1-3H3. The highest BCUT2D eigenvalue weighted by Gasteiger charge is 2.27. The molecule has 190 valence electrons. The molecule has 0 amide bonds. The Kier molecular flexibility index (Phi) is 7.12. The second-order valence-electron chi connectivity index (χ2n) is 8.62. The van der Waals surface area contributed by atoms with E-state index in [9.17, 15) is 19.6 Å². The largest absolute Gasteiger partial charge is 0.495 e. The van der Waals surface area contributed by atoms with Crippen LogP contribution >= 0.6 is 0 Å². The van der Waals surface area contributed by atoms with Crippen LogP contribution in [0.4, 0.5) is 5.95 Å². The average Bonchev–Trinajstić information content (AvgIpc) is 3.28. The number of ether oxygens (including phenoxy) is 2. The van der Waals surface area contributed by atoms with Gasteiger partial charge >= 0.3 is 11.7 Å². The summed E-state index contributed by atoms with van der Waals surface area (Å²) in [5, 5.41) is 9.68. The highest BCUT2D eigenvalue weighted by Crippen LogP contribution is 2.24. The number of anilines is 1. The summed E-state index contributed by atoms with van der Waals surface area (Å²) < 4.78 is 14.0. The van der Waals surface area contributed by atoms with Crippen LogP contribution in [0.15, 0.2) is 27.8 Å². The molecule has 0 bridgehead atoms. The molecular weight excluding hydrogens is 466 g/mol. The third-order valence-electron chi connectivity index (χ3n) is 6.44. The molecular formula is C24H29N7O5. The lowest BCUT2D eigenvalue weighted by Crippen LogP contribution is -2.44. The molecule has 4 rings (SSSR count). The predicted octanol–water partition coefficient (Wildman–Crippen LogP) is 0.409. The molecule has 12 nitrogen and oxygen atoms in total. The molecule has 0 aliphatic carbocycles. The van der Waals surface area contributed by atoms with Crippen LogP contribution in [0.1, 0.15) is 30.9 Å². The zero-order valence-corrected chi connectivity index (χ0v) is 20.6. The van der Waals surface area contributed by atoms with Crippen molar-refractivity contribution in [2.45, 2.75) is 45.4 Å². The second kappa shape index (κ2) is 10.2. The monoisotopic (exact) mass is 495 g/mol. The van der Waals surface area contributed by atoms with E-state index >= 15 is 0 Å². The van der Waals surface area contributed by atoms with Crippen molar-refractivity contribution in [1.29, 1.82) is 5.26 Å². The van der Waals surface area contributed by atoms with Crippen molar-refractivity contribution in [3.05, 3.63) is 50.2 Å². The molecule has 0 spiro atoms. The summed E-state index contributed by atoms with van der Waals surface area (Å²) in [4.78, 5) is 46.2. The van der Waals surface area contributed by atoms with Crippen LogP contribution in [0.25, 0.3) is 11.2 Å². The van der Waals surface area contributed by atoms with Crippen LogP contribution in [0, 0.1) is 11.3 Å². The summed E-state index contributed by atoms with van der Waals surface area (Å²) in [6, 6.07) is 7.01. The molecule has 36 heavy (non-hydrogen) atoms. The van der Waals surface area contributed by atoms with E-state index in [2.05, 4.69) is 11.1 Å². The number of piperidine rings is 1. The normalized spacial score (nSPS) is 15.6. The highest BCUT2D eigenvalue weighted by atomic mass is 16.5. The number of carbonyl (C=O) groups excluding carboxylic acids is 1. The molecule has 2 N–H and O–H groups in total. The number of nitrogens with two attached hydrogens (primary N) is 1. The third kappa shape index (κ3) is 4.33. The first-order valence-corrected chi connectivity index (χ1v) is 11.7. The third-order valence-corrected chi connectivity index (χ3v) is 6.44. The molecule has 0 saturated carbocycles. The number of aromatic nitrogens is 4. The quantitative estimate of drug-likeness (QED) is 0.460. The minimum absolute atomic E-state index is 0.0322. The maximum absolute atomic E-state index is 13.8. The van der Waals surface area contributed by atoms with Gasteiger partial charge in [0, 0.05) is 25.7 Å². The molecule has 3 aromatic rings. The summed E-state index contributed by atoms with van der Waals surface area (Å²) >= 11 is 0. The van der Waals surface area contributed by atoms with E-state index in [-0.39, 0.29) is 29.3 Å². The van der Waals surface area contributed by atoms with Crippen LogP contribution in [-0.4, -0.2) is 58.0 Å². The number of nitriles is 1. The SMILES string of the molecule is CCn1c(N2CCCC(N)C2)nc2c1c(=O)n(Cc1cccc(OC)c1C#N)c(=O)n2CC(=O)OC. The Hall–Kier alpha value is -4.11. The van der Waals surface area contributed by atoms with Gasteiger partial charge in [-0.1, -0.05) is 12.1 Å². The Morgan fingerprint density at radius 3 is 2.67 bits per heavy atom. The first-order valence-electron chi connectivity index (χ1n) is 11.7. The molecule has 2 aromatic heterocycles. The van der Waals surface area contributed by atoms with Gasteiger partial charge < -0.3 is 24.7 Å². The fourth-order valence-corrected chi connectivity index (χ4v) is 4.66. The van der Waals surface area contributed by atoms with Crippen LogP contribution in [0.2, 0.25) is 0 Å². The number of nitrogens with zero attached hydrogens (tertiary/aromatic N) is 6. The van der Waals surface area contributed by atoms with Gasteiger partial charge in [0.05, 0.1) is 26.3 Å². The first kappa shape index (κ1) is 25.0. The summed E-state index contributed by atoms with van der Waals surface area (Å²) in [6.45, 7) is 2.95. The Bertz CT molecular complexity index is 1460. The van der Waals surface area contributed by atoms with E-state index in [0.29, 0.717) is 36.9 Å². The van der Waals surface area contributed by atoms with Crippen LogP contribution in [0.5, 0.6) is 5.75 Å². The van der Waals surface area contributed by atoms with Gasteiger partial charge in [0.1, 0.15) is 18.4 Å². The fraction of sp³-hybridized carbons (Fsp3) is 0.458. The molecule has 3 heterocycles. The fourth-order valence-electron chi connectivity index (χ4n) is 4.66. The number of fused-ring (bicyclic) bond motifs is 1. The number of hydrogen-bond donors (Lipinski definition) is 1. The topological polar surface area (TPSA) is 150 Å². The molecule has 1 aliphatic rings. The zero-order chi connectivity index (χ0) is 26.0. The number of benzene rings is 1. The second-order valence-corrected chi connectivity index (χ2v) is 8.62. The van der Waals surface area contributed by atoms with Gasteiger partial charge in [-0.3, -0.25) is 18.7 Å². The van der Waals surface area contributed by atoms with Gasteiger partial charge in [0.2, 0.25) is 5.95 Å². The number of aryl methyl sites for hydroxylation is 1. The maximum atomic E-state index is 13.8. The van der Waals surface area contributed by atoms with Gasteiger partial charge in [0.15, 0.2) is 11.2 Å². The van der Waals surface area contributed by atoms with Crippen molar-refractivity contribution >= 4 is 23.1 Å². The first-order chi connectivity index (χ1) is 17.3. The molecule has 0 radical (unpaired) electrons. The molecule has 1 fully saturated rings.